The molecule has 110 valence electrons. The van der Waals surface area contributed by atoms with E-state index in [0.717, 1.165) is 5.56 Å². The van der Waals surface area contributed by atoms with E-state index in [1.807, 2.05) is 24.3 Å². The van der Waals surface area contributed by atoms with Gasteiger partial charge in [-0.15, -0.1) is 0 Å². The van der Waals surface area contributed by atoms with Crippen molar-refractivity contribution in [1.82, 2.24) is 4.31 Å². The molecule has 0 bridgehead atoms. The van der Waals surface area contributed by atoms with Crippen LogP contribution in [-0.2, 0) is 23.2 Å². The van der Waals surface area contributed by atoms with Crippen LogP contribution in [0.5, 0.6) is 0 Å². The van der Waals surface area contributed by atoms with Crippen LogP contribution in [0.2, 0.25) is 0 Å². The van der Waals surface area contributed by atoms with Crippen molar-refractivity contribution >= 4 is 15.9 Å². The van der Waals surface area contributed by atoms with Gasteiger partial charge in [0, 0.05) is 18.8 Å². The van der Waals surface area contributed by atoms with Gasteiger partial charge in [-0.1, -0.05) is 24.3 Å². The predicted molar refractivity (Wildman–Crippen MR) is 79.5 cm³/mol. The lowest BCUT2D eigenvalue weighted by atomic mass is 10.0. The molecule has 6 heteroatoms. The molecule has 1 aliphatic rings. The molecule has 0 fully saturated rings. The molecule has 0 saturated carbocycles. The summed E-state index contributed by atoms with van der Waals surface area (Å²) in [5, 5.41) is 0. The highest BCUT2D eigenvalue weighted by Crippen LogP contribution is 2.22. The molecule has 1 aliphatic heterocycles. The predicted octanol–water partition coefficient (Wildman–Crippen LogP) is 2.54. The molecule has 0 aromatic heterocycles. The van der Waals surface area contributed by atoms with E-state index in [4.69, 9.17) is 0 Å². The van der Waals surface area contributed by atoms with Gasteiger partial charge in [0.1, 0.15) is 5.82 Å². The van der Waals surface area contributed by atoms with Crippen LogP contribution in [0.1, 0.15) is 11.1 Å². The number of anilines is 1. The van der Waals surface area contributed by atoms with Gasteiger partial charge >= 0.3 is 10.2 Å². The lowest BCUT2D eigenvalue weighted by Gasteiger charge is -2.28. The Morgan fingerprint density at radius 3 is 2.38 bits per heavy atom. The standard InChI is InChI=1S/C15H15FN2O2S/c16-14-5-7-15(8-6-14)17-21(19,20)18-10-9-12-3-1-2-4-13(12)11-18/h1-8,17H,9-11H2. The van der Waals surface area contributed by atoms with Crippen LogP contribution in [0.4, 0.5) is 10.1 Å². The maximum Gasteiger partial charge on any atom is 0.301 e. The molecule has 2 aromatic carbocycles. The van der Waals surface area contributed by atoms with Gasteiger partial charge in [0.2, 0.25) is 0 Å². The number of nitrogens with zero attached hydrogens (tertiary/aromatic N) is 1. The van der Waals surface area contributed by atoms with E-state index in [-0.39, 0.29) is 0 Å². The van der Waals surface area contributed by atoms with E-state index < -0.39 is 16.0 Å². The fraction of sp³-hybridized carbons (Fsp3) is 0.200. The largest absolute Gasteiger partial charge is 0.301 e. The zero-order chi connectivity index (χ0) is 14.9. The number of rotatable bonds is 3. The van der Waals surface area contributed by atoms with Gasteiger partial charge in [-0.3, -0.25) is 4.72 Å². The van der Waals surface area contributed by atoms with Crippen LogP contribution < -0.4 is 4.72 Å². The van der Waals surface area contributed by atoms with Crippen LogP contribution in [0.15, 0.2) is 48.5 Å². The van der Waals surface area contributed by atoms with Crippen LogP contribution in [0.3, 0.4) is 0 Å². The monoisotopic (exact) mass is 306 g/mol. The van der Waals surface area contributed by atoms with Crippen molar-refractivity contribution < 1.29 is 12.8 Å². The Bertz CT molecular complexity index is 745. The Hall–Kier alpha value is -1.92. The minimum Gasteiger partial charge on any atom is -0.271 e. The van der Waals surface area contributed by atoms with Gasteiger partial charge in [0.05, 0.1) is 0 Å². The van der Waals surface area contributed by atoms with E-state index in [1.165, 1.54) is 34.1 Å². The third-order valence-corrected chi connectivity index (χ3v) is 5.01. The lowest BCUT2D eigenvalue weighted by Crippen LogP contribution is -2.39. The molecular weight excluding hydrogens is 291 g/mol. The van der Waals surface area contributed by atoms with Crippen molar-refractivity contribution in [2.24, 2.45) is 0 Å². The Kier molecular flexibility index (Phi) is 3.65. The second-order valence-electron chi connectivity index (χ2n) is 4.97. The maximum absolute atomic E-state index is 12.9. The highest BCUT2D eigenvalue weighted by molar-refractivity contribution is 7.90. The third-order valence-electron chi connectivity index (χ3n) is 3.53. The third kappa shape index (κ3) is 3.06. The van der Waals surface area contributed by atoms with Crippen molar-refractivity contribution in [2.75, 3.05) is 11.3 Å². The lowest BCUT2D eigenvalue weighted by molar-refractivity contribution is 0.394. The first-order chi connectivity index (χ1) is 10.0. The molecule has 1 N–H and O–H groups in total. The molecule has 1 heterocycles. The Morgan fingerprint density at radius 2 is 1.67 bits per heavy atom. The molecule has 21 heavy (non-hydrogen) atoms. The van der Waals surface area contributed by atoms with Crippen molar-refractivity contribution in [3.63, 3.8) is 0 Å². The molecule has 0 radical (unpaired) electrons. The minimum absolute atomic E-state index is 0.354. The minimum atomic E-state index is -3.63. The van der Waals surface area contributed by atoms with Crippen LogP contribution in [0, 0.1) is 5.82 Å². The molecular formula is C15H15FN2O2S. The van der Waals surface area contributed by atoms with E-state index >= 15 is 0 Å². The molecule has 0 atom stereocenters. The fourth-order valence-corrected chi connectivity index (χ4v) is 3.61. The van der Waals surface area contributed by atoms with Crippen molar-refractivity contribution in [3.8, 4) is 0 Å². The first kappa shape index (κ1) is 14.0. The van der Waals surface area contributed by atoms with Gasteiger partial charge < -0.3 is 0 Å². The van der Waals surface area contributed by atoms with Crippen LogP contribution in [-0.4, -0.2) is 19.3 Å². The number of halogens is 1. The molecule has 0 amide bonds. The summed E-state index contributed by atoms with van der Waals surface area (Å²) in [6.07, 6.45) is 0.695. The van der Waals surface area contributed by atoms with Crippen LogP contribution in [0.25, 0.3) is 0 Å². The fourth-order valence-electron chi connectivity index (χ4n) is 2.41. The van der Waals surface area contributed by atoms with E-state index in [9.17, 15) is 12.8 Å². The highest BCUT2D eigenvalue weighted by Gasteiger charge is 2.26. The normalized spacial score (nSPS) is 15.5. The molecule has 0 saturated heterocycles. The quantitative estimate of drug-likeness (QED) is 0.947. The maximum atomic E-state index is 12.9. The molecule has 0 unspecified atom stereocenters. The Morgan fingerprint density at radius 1 is 1.00 bits per heavy atom. The summed E-state index contributed by atoms with van der Waals surface area (Å²) in [4.78, 5) is 0. The summed E-state index contributed by atoms with van der Waals surface area (Å²) in [6.45, 7) is 0.792. The second kappa shape index (κ2) is 5.46. The van der Waals surface area contributed by atoms with Crippen LogP contribution >= 0.6 is 0 Å². The summed E-state index contributed by atoms with van der Waals surface area (Å²) in [5.41, 5.74) is 2.56. The average Bonchev–Trinajstić information content (AvgIpc) is 2.49. The van der Waals surface area contributed by atoms with E-state index in [0.29, 0.717) is 25.2 Å². The topological polar surface area (TPSA) is 49.4 Å². The first-order valence-corrected chi connectivity index (χ1v) is 8.09. The van der Waals surface area contributed by atoms with Gasteiger partial charge in [-0.25, -0.2) is 4.39 Å². The summed E-state index contributed by atoms with van der Waals surface area (Å²) >= 11 is 0. The molecule has 0 spiro atoms. The summed E-state index contributed by atoms with van der Waals surface area (Å²) < 4.78 is 41.5. The van der Waals surface area contributed by atoms with Gasteiger partial charge in [0.25, 0.3) is 0 Å². The molecule has 2 aromatic rings. The zero-order valence-corrected chi connectivity index (χ0v) is 12.1. The summed E-state index contributed by atoms with van der Waals surface area (Å²) in [6, 6.07) is 13.1. The first-order valence-electron chi connectivity index (χ1n) is 6.65. The number of benzene rings is 2. The smallest absolute Gasteiger partial charge is 0.271 e. The molecule has 0 aliphatic carbocycles. The number of hydrogen-bond donors (Lipinski definition) is 1. The van der Waals surface area contributed by atoms with Gasteiger partial charge in [-0.2, -0.15) is 12.7 Å². The SMILES string of the molecule is O=S(=O)(Nc1ccc(F)cc1)N1CCc2ccccc2C1. The summed E-state index contributed by atoms with van der Waals surface area (Å²) in [7, 11) is -3.63. The van der Waals surface area contributed by atoms with Gasteiger partial charge in [0.15, 0.2) is 0 Å². The number of nitrogens with one attached hydrogen (secondary N) is 1. The summed E-state index contributed by atoms with van der Waals surface area (Å²) in [5.74, 6) is -0.398. The number of hydrogen-bond acceptors (Lipinski definition) is 2. The Labute approximate surface area is 123 Å². The van der Waals surface area contributed by atoms with E-state index in [1.54, 1.807) is 0 Å². The highest BCUT2D eigenvalue weighted by atomic mass is 32.2. The molecule has 4 nitrogen and oxygen atoms in total. The van der Waals surface area contributed by atoms with E-state index in [2.05, 4.69) is 4.72 Å². The van der Waals surface area contributed by atoms with Crippen molar-refractivity contribution in [1.29, 1.82) is 0 Å². The second-order valence-corrected chi connectivity index (χ2v) is 6.64. The van der Waals surface area contributed by atoms with Crippen molar-refractivity contribution in [2.45, 2.75) is 13.0 Å². The molecule has 3 rings (SSSR count). The van der Waals surface area contributed by atoms with Crippen molar-refractivity contribution in [3.05, 3.63) is 65.5 Å². The zero-order valence-electron chi connectivity index (χ0n) is 11.3. The van der Waals surface area contributed by atoms with Gasteiger partial charge in [-0.05, 0) is 41.8 Å². The average molecular weight is 306 g/mol. The number of fused-ring (bicyclic) bond motifs is 1. The Balaban J connectivity index is 1.78.